The van der Waals surface area contributed by atoms with Crippen molar-refractivity contribution in [2.45, 2.75) is 19.4 Å². The molecule has 0 aliphatic rings. The molecule has 0 bridgehead atoms. The van der Waals surface area contributed by atoms with E-state index in [0.29, 0.717) is 16.6 Å². The number of benzene rings is 1. The van der Waals surface area contributed by atoms with E-state index in [9.17, 15) is 4.79 Å². The molecule has 6 nitrogen and oxygen atoms in total. The molecule has 0 amide bonds. The summed E-state index contributed by atoms with van der Waals surface area (Å²) in [5.74, 6) is 0. The van der Waals surface area contributed by atoms with Crippen LogP contribution in [0.25, 0.3) is 4.96 Å². The average molecular weight is 378 g/mol. The highest BCUT2D eigenvalue weighted by Crippen LogP contribution is 2.23. The predicted molar refractivity (Wildman–Crippen MR) is 103 cm³/mol. The number of likely N-dealkylation sites (N-methyl/N-ethyl adjacent to an activating group) is 1. The molecule has 3 aromatic rings. The second-order valence-electron chi connectivity index (χ2n) is 5.95. The summed E-state index contributed by atoms with van der Waals surface area (Å²) in [6.45, 7) is 2.64. The van der Waals surface area contributed by atoms with Crippen LogP contribution in [0.3, 0.4) is 0 Å². The van der Waals surface area contributed by atoms with Crippen molar-refractivity contribution < 1.29 is 0 Å². The van der Waals surface area contributed by atoms with Crippen molar-refractivity contribution in [1.82, 2.24) is 19.5 Å². The SMILES string of the molecule is CCc1cc(=O)n2nc(NCC(c3ccc(Cl)cc3)N(C)C)sc2n1. The predicted octanol–water partition coefficient (Wildman–Crippen LogP) is 3.08. The first-order chi connectivity index (χ1) is 12.0. The Morgan fingerprint density at radius 3 is 2.68 bits per heavy atom. The quantitative estimate of drug-likeness (QED) is 0.715. The van der Waals surface area contributed by atoms with Crippen LogP contribution in [0.1, 0.15) is 24.2 Å². The lowest BCUT2D eigenvalue weighted by molar-refractivity contribution is 0.312. The average Bonchev–Trinajstić information content (AvgIpc) is 2.99. The summed E-state index contributed by atoms with van der Waals surface area (Å²) >= 11 is 7.36. The second-order valence-corrected chi connectivity index (χ2v) is 7.35. The first-order valence-corrected chi connectivity index (χ1v) is 9.23. The van der Waals surface area contributed by atoms with Gasteiger partial charge in [-0.05, 0) is 38.2 Å². The van der Waals surface area contributed by atoms with E-state index < -0.39 is 0 Å². The molecule has 0 fully saturated rings. The summed E-state index contributed by atoms with van der Waals surface area (Å²) in [4.78, 5) is 19.3. The maximum Gasteiger partial charge on any atom is 0.275 e. The number of hydrogen-bond acceptors (Lipinski definition) is 6. The molecule has 0 radical (unpaired) electrons. The van der Waals surface area contributed by atoms with Crippen LogP contribution < -0.4 is 10.9 Å². The van der Waals surface area contributed by atoms with Crippen LogP contribution in [0.2, 0.25) is 5.02 Å². The highest BCUT2D eigenvalue weighted by molar-refractivity contribution is 7.20. The zero-order chi connectivity index (χ0) is 18.0. The van der Waals surface area contributed by atoms with E-state index in [1.54, 1.807) is 0 Å². The number of nitrogens with zero attached hydrogens (tertiary/aromatic N) is 4. The number of hydrogen-bond donors (Lipinski definition) is 1. The Balaban J connectivity index is 1.81. The third-order valence-electron chi connectivity index (χ3n) is 3.99. The van der Waals surface area contributed by atoms with Gasteiger partial charge in [0.05, 0.1) is 6.04 Å². The van der Waals surface area contributed by atoms with E-state index in [4.69, 9.17) is 11.6 Å². The number of halogens is 1. The van der Waals surface area contributed by atoms with Crippen LogP contribution in [0.4, 0.5) is 5.13 Å². The monoisotopic (exact) mass is 377 g/mol. The minimum absolute atomic E-state index is 0.145. The van der Waals surface area contributed by atoms with Gasteiger partial charge in [-0.3, -0.25) is 4.79 Å². The normalized spacial score (nSPS) is 12.7. The van der Waals surface area contributed by atoms with Gasteiger partial charge in [0.2, 0.25) is 10.1 Å². The Morgan fingerprint density at radius 2 is 2.04 bits per heavy atom. The van der Waals surface area contributed by atoms with Crippen LogP contribution in [0.15, 0.2) is 35.1 Å². The molecule has 1 atom stereocenters. The molecule has 1 unspecified atom stereocenters. The van der Waals surface area contributed by atoms with E-state index in [1.807, 2.05) is 45.3 Å². The summed E-state index contributed by atoms with van der Waals surface area (Å²) in [5, 5.41) is 9.06. The first kappa shape index (κ1) is 17.8. The van der Waals surface area contributed by atoms with Gasteiger partial charge in [-0.15, -0.1) is 5.10 Å². The van der Waals surface area contributed by atoms with E-state index in [1.165, 1.54) is 21.9 Å². The minimum atomic E-state index is -0.145. The molecular formula is C17H20ClN5OS. The number of aryl methyl sites for hydroxylation is 1. The summed E-state index contributed by atoms with van der Waals surface area (Å²) in [5.41, 5.74) is 1.80. The Labute approximate surface area is 155 Å². The highest BCUT2D eigenvalue weighted by atomic mass is 35.5. The summed E-state index contributed by atoms with van der Waals surface area (Å²) in [6, 6.07) is 9.51. The molecule has 3 rings (SSSR count). The molecule has 25 heavy (non-hydrogen) atoms. The summed E-state index contributed by atoms with van der Waals surface area (Å²) in [7, 11) is 4.05. The van der Waals surface area contributed by atoms with Crippen molar-refractivity contribution in [2.24, 2.45) is 0 Å². The zero-order valence-electron chi connectivity index (χ0n) is 14.4. The summed E-state index contributed by atoms with van der Waals surface area (Å²) in [6.07, 6.45) is 0.728. The van der Waals surface area contributed by atoms with E-state index in [2.05, 4.69) is 20.3 Å². The molecule has 1 aromatic carbocycles. The van der Waals surface area contributed by atoms with Crippen molar-refractivity contribution in [3.63, 3.8) is 0 Å². The highest BCUT2D eigenvalue weighted by Gasteiger charge is 2.15. The Hall–Kier alpha value is -1.96. The third-order valence-corrected chi connectivity index (χ3v) is 5.10. The first-order valence-electron chi connectivity index (χ1n) is 8.03. The van der Waals surface area contributed by atoms with Crippen molar-refractivity contribution in [2.75, 3.05) is 26.0 Å². The zero-order valence-corrected chi connectivity index (χ0v) is 15.9. The van der Waals surface area contributed by atoms with E-state index in [-0.39, 0.29) is 11.6 Å². The molecule has 0 saturated carbocycles. The topological polar surface area (TPSA) is 62.5 Å². The van der Waals surface area contributed by atoms with Gasteiger partial charge in [0.15, 0.2) is 0 Å². The number of rotatable bonds is 6. The molecule has 0 saturated heterocycles. The number of aromatic nitrogens is 3. The van der Waals surface area contributed by atoms with Gasteiger partial charge in [-0.1, -0.05) is 42.0 Å². The van der Waals surface area contributed by atoms with Crippen LogP contribution in [0, 0.1) is 0 Å². The molecule has 2 heterocycles. The van der Waals surface area contributed by atoms with Gasteiger partial charge in [-0.2, -0.15) is 4.52 Å². The lowest BCUT2D eigenvalue weighted by atomic mass is 10.1. The van der Waals surface area contributed by atoms with Crippen molar-refractivity contribution in [1.29, 1.82) is 0 Å². The fraction of sp³-hybridized carbons (Fsp3) is 0.353. The van der Waals surface area contributed by atoms with Crippen LogP contribution in [-0.4, -0.2) is 40.1 Å². The number of anilines is 1. The Kier molecular flexibility index (Phi) is 5.36. The maximum atomic E-state index is 12.1. The summed E-state index contributed by atoms with van der Waals surface area (Å²) < 4.78 is 1.35. The number of nitrogens with one attached hydrogen (secondary N) is 1. The molecule has 0 spiro atoms. The fourth-order valence-electron chi connectivity index (χ4n) is 2.58. The fourth-order valence-corrected chi connectivity index (χ4v) is 3.53. The van der Waals surface area contributed by atoms with Gasteiger partial charge in [0.25, 0.3) is 5.56 Å². The van der Waals surface area contributed by atoms with Gasteiger partial charge in [-0.25, -0.2) is 4.98 Å². The van der Waals surface area contributed by atoms with Gasteiger partial charge < -0.3 is 10.2 Å². The number of fused-ring (bicyclic) bond motifs is 1. The Morgan fingerprint density at radius 1 is 1.32 bits per heavy atom. The standard InChI is InChI=1S/C17H20ClN5OS/c1-4-13-9-15(24)23-17(20-13)25-16(21-23)19-10-14(22(2)3)11-5-7-12(18)8-6-11/h5-9,14H,4,10H2,1-3H3,(H,19,21). The smallest absolute Gasteiger partial charge is 0.275 e. The third kappa shape index (κ3) is 4.00. The van der Waals surface area contributed by atoms with E-state index >= 15 is 0 Å². The van der Waals surface area contributed by atoms with Gasteiger partial charge >= 0.3 is 0 Å². The van der Waals surface area contributed by atoms with E-state index in [0.717, 1.165) is 22.7 Å². The molecule has 8 heteroatoms. The van der Waals surface area contributed by atoms with Gasteiger partial charge in [0.1, 0.15) is 0 Å². The van der Waals surface area contributed by atoms with Crippen LogP contribution >= 0.6 is 22.9 Å². The molecule has 1 N–H and O–H groups in total. The van der Waals surface area contributed by atoms with Crippen LogP contribution in [-0.2, 0) is 6.42 Å². The maximum absolute atomic E-state index is 12.1. The Bertz CT molecular complexity index is 919. The van der Waals surface area contributed by atoms with Gasteiger partial charge in [0, 0.05) is 23.3 Å². The largest absolute Gasteiger partial charge is 0.358 e. The molecule has 0 aliphatic carbocycles. The second kappa shape index (κ2) is 7.51. The molecule has 132 valence electrons. The lowest BCUT2D eigenvalue weighted by Gasteiger charge is -2.25. The van der Waals surface area contributed by atoms with Crippen molar-refractivity contribution in [3.8, 4) is 0 Å². The van der Waals surface area contributed by atoms with Crippen LogP contribution in [0.5, 0.6) is 0 Å². The molecule has 0 aliphatic heterocycles. The van der Waals surface area contributed by atoms with Crippen molar-refractivity contribution in [3.05, 3.63) is 57.0 Å². The lowest BCUT2D eigenvalue weighted by Crippen LogP contribution is -2.26. The minimum Gasteiger partial charge on any atom is -0.358 e. The molecule has 2 aromatic heterocycles. The molecular weight excluding hydrogens is 358 g/mol. The van der Waals surface area contributed by atoms with Crippen molar-refractivity contribution >= 4 is 33.0 Å².